The van der Waals surface area contributed by atoms with E-state index in [9.17, 15) is 0 Å². The molecule has 0 saturated carbocycles. The van der Waals surface area contributed by atoms with E-state index in [0.717, 1.165) is 0 Å². The van der Waals surface area contributed by atoms with E-state index in [2.05, 4.69) is 75.3 Å². The molecule has 0 saturated heterocycles. The van der Waals surface area contributed by atoms with Crippen molar-refractivity contribution in [2.75, 3.05) is 14.1 Å². The van der Waals surface area contributed by atoms with E-state index in [1.165, 1.54) is 20.1 Å². The number of hydrogen-bond donors (Lipinski definition) is 0. The number of allylic oxidation sites excluding steroid dienone is 2. The molecule has 2 radical (unpaired) electrons. The minimum Gasteiger partial charge on any atom is -0.231 e. The molecule has 0 spiro atoms. The molecule has 1 atom stereocenters. The summed E-state index contributed by atoms with van der Waals surface area (Å²) in [6.45, 7) is 4.47. The van der Waals surface area contributed by atoms with Gasteiger partial charge in [0.15, 0.2) is 0 Å². The fourth-order valence-electron chi connectivity index (χ4n) is 2.24. The summed E-state index contributed by atoms with van der Waals surface area (Å²) in [4.78, 5) is 2.27. The van der Waals surface area contributed by atoms with Crippen LogP contribution in [0.3, 0.4) is 0 Å². The van der Waals surface area contributed by atoms with E-state index >= 15 is 0 Å². The van der Waals surface area contributed by atoms with Crippen molar-refractivity contribution < 1.29 is 17.1 Å². The third-order valence-electron chi connectivity index (χ3n) is 3.90. The van der Waals surface area contributed by atoms with Crippen LogP contribution in [-0.4, -0.2) is 34.0 Å². The molecule has 0 fully saturated rings. The van der Waals surface area contributed by atoms with Crippen LogP contribution in [0.15, 0.2) is 54.6 Å². The second-order valence-electron chi connectivity index (χ2n) is 5.81. The summed E-state index contributed by atoms with van der Waals surface area (Å²) in [5, 5.41) is 0. The molecule has 0 bridgehead atoms. The molecule has 0 heterocycles. The van der Waals surface area contributed by atoms with E-state index in [1.807, 2.05) is 31.4 Å². The van der Waals surface area contributed by atoms with Gasteiger partial charge in [-0.15, -0.1) is 12.8 Å². The Balaban J connectivity index is 0.000000412. The van der Waals surface area contributed by atoms with Crippen LogP contribution >= 0.6 is 0 Å². The van der Waals surface area contributed by atoms with E-state index in [-0.39, 0.29) is 17.1 Å². The van der Waals surface area contributed by atoms with Crippen molar-refractivity contribution in [1.29, 1.82) is 0 Å². The quantitative estimate of drug-likeness (QED) is 0.537. The summed E-state index contributed by atoms with van der Waals surface area (Å²) < 4.78 is 3.00. The van der Waals surface area contributed by atoms with Gasteiger partial charge in [-0.1, -0.05) is 0 Å². The molecule has 3 heteroatoms. The van der Waals surface area contributed by atoms with Crippen LogP contribution in [0.1, 0.15) is 24.1 Å². The number of rotatable bonds is 4. The number of benzene rings is 1. The van der Waals surface area contributed by atoms with Gasteiger partial charge in [0.25, 0.3) is 0 Å². The summed E-state index contributed by atoms with van der Waals surface area (Å²) in [6, 6.07) is 15.9. The maximum Gasteiger partial charge on any atom is 2.00 e. The third-order valence-corrected chi connectivity index (χ3v) is 6.57. The zero-order chi connectivity index (χ0) is 16.7. The van der Waals surface area contributed by atoms with Crippen LogP contribution in [0.4, 0.5) is 0 Å². The molecule has 1 aliphatic rings. The third kappa shape index (κ3) is 6.24. The Morgan fingerprint density at radius 2 is 1.88 bits per heavy atom. The van der Waals surface area contributed by atoms with Gasteiger partial charge in [-0.2, -0.15) is 0 Å². The van der Waals surface area contributed by atoms with Gasteiger partial charge < -0.3 is 0 Å². The van der Waals surface area contributed by atoms with Gasteiger partial charge in [0.2, 0.25) is 0 Å². The maximum atomic E-state index is 2.28. The first-order valence-corrected chi connectivity index (χ1v) is 9.63. The molecular weight excluding hydrogens is 401 g/mol. The van der Waals surface area contributed by atoms with Crippen molar-refractivity contribution in [3.8, 4) is 0 Å². The number of hydrogen-bond acceptors (Lipinski definition) is 1. The van der Waals surface area contributed by atoms with Crippen LogP contribution < -0.4 is 8.92 Å². The molecule has 1 aliphatic carbocycles. The zero-order valence-electron chi connectivity index (χ0n) is 14.7. The predicted molar refractivity (Wildman–Crippen MR) is 102 cm³/mol. The van der Waals surface area contributed by atoms with Crippen LogP contribution in [0, 0.1) is 26.2 Å². The monoisotopic (exact) mass is 427 g/mol. The summed E-state index contributed by atoms with van der Waals surface area (Å²) in [5.41, 5.74) is 2.88. The molecule has 1 unspecified atom stereocenters. The predicted octanol–water partition coefficient (Wildman–Crippen LogP) is 3.16. The molecule has 0 N–H and O–H groups in total. The van der Waals surface area contributed by atoms with E-state index < -0.39 is 0 Å². The van der Waals surface area contributed by atoms with Gasteiger partial charge in [-0.05, 0) is 0 Å². The Bertz CT molecular complexity index is 624. The molecule has 2 aromatic carbocycles. The minimum absolute atomic E-state index is 0. The fourth-order valence-corrected chi connectivity index (χ4v) is 4.58. The van der Waals surface area contributed by atoms with E-state index in [1.54, 1.807) is 0 Å². The summed E-state index contributed by atoms with van der Waals surface area (Å²) in [6.07, 6.45) is 10.0. The van der Waals surface area contributed by atoms with Crippen LogP contribution in [0.5, 0.6) is 0 Å². The molecule has 0 aliphatic heterocycles. The number of aryl methyl sites for hydroxylation is 1. The normalized spacial score (nSPS) is 13.7. The van der Waals surface area contributed by atoms with Crippen molar-refractivity contribution in [1.82, 2.24) is 4.90 Å². The van der Waals surface area contributed by atoms with Gasteiger partial charge in [0.1, 0.15) is 0 Å². The van der Waals surface area contributed by atoms with Crippen molar-refractivity contribution >= 4 is 23.9 Å². The largest absolute Gasteiger partial charge is 2.00 e. The average molecular weight is 426 g/mol. The second kappa shape index (κ2) is 10.9. The molecule has 128 valence electrons. The number of nitrogens with zero attached hydrogens (tertiary/aromatic N) is 1. The topological polar surface area (TPSA) is 3.24 Å². The molecule has 2 aromatic rings. The van der Waals surface area contributed by atoms with Crippen molar-refractivity contribution in [2.45, 2.75) is 19.9 Å². The first-order chi connectivity index (χ1) is 11.1. The first kappa shape index (κ1) is 21.2. The molecule has 3 rings (SSSR count). The summed E-state index contributed by atoms with van der Waals surface area (Å²) >= 11 is 0.411. The summed E-state index contributed by atoms with van der Waals surface area (Å²) in [5.74, 6) is 0. The zero-order valence-corrected chi connectivity index (χ0v) is 17.5. The van der Waals surface area contributed by atoms with Gasteiger partial charge in [-0.3, -0.25) is 0 Å². The Hall–Kier alpha value is -0.821. The van der Waals surface area contributed by atoms with Gasteiger partial charge in [0.05, 0.1) is 0 Å². The smallest absolute Gasteiger partial charge is 0.231 e. The van der Waals surface area contributed by atoms with E-state index in [4.69, 9.17) is 0 Å². The van der Waals surface area contributed by atoms with Gasteiger partial charge >= 0.3 is 133 Å². The van der Waals surface area contributed by atoms with Crippen LogP contribution in [0.25, 0.3) is 0 Å². The van der Waals surface area contributed by atoms with E-state index in [0.29, 0.717) is 21.0 Å². The van der Waals surface area contributed by atoms with Crippen LogP contribution in [0.2, 0.25) is 0 Å². The molecule has 1 nitrogen and oxygen atoms in total. The SMILES string of the molecule is Cc1ccccc1[Se]c1ccc[c-]1C(C)N(C)C.[CH]1[CH][CH-]C=C1.[Fe+2]. The Morgan fingerprint density at radius 1 is 1.12 bits per heavy atom. The van der Waals surface area contributed by atoms with Gasteiger partial charge in [-0.25, -0.2) is 18.6 Å². The Labute approximate surface area is 164 Å². The van der Waals surface area contributed by atoms with Crippen LogP contribution in [-0.2, 0) is 17.1 Å². The first-order valence-electron chi connectivity index (χ1n) is 7.91. The summed E-state index contributed by atoms with van der Waals surface area (Å²) in [7, 11) is 4.28. The van der Waals surface area contributed by atoms with Crippen molar-refractivity contribution in [3.05, 3.63) is 85.0 Å². The van der Waals surface area contributed by atoms with Crippen molar-refractivity contribution in [3.63, 3.8) is 0 Å². The average Bonchev–Trinajstić information content (AvgIpc) is 3.23. The standard InChI is InChI=1S/C16H20NSe.C5H5.Fe/c1-12-8-5-6-10-15(12)18-16-11-7-9-14(16)13(2)17(3)4;1-2-4-5-3-1;/h5-11,13H,1-4H3;1-5H;/q2*-1;+2. The molecule has 0 aromatic heterocycles. The molecule has 0 amide bonds. The second-order valence-corrected chi connectivity index (χ2v) is 8.09. The fraction of sp³-hybridized carbons (Fsp3) is 0.238. The Kier molecular flexibility index (Phi) is 9.66. The van der Waals surface area contributed by atoms with Gasteiger partial charge in [0, 0.05) is 0 Å². The minimum atomic E-state index is 0. The van der Waals surface area contributed by atoms with Crippen molar-refractivity contribution in [2.24, 2.45) is 0 Å². The molecule has 24 heavy (non-hydrogen) atoms. The maximum absolute atomic E-state index is 2.28. The Morgan fingerprint density at radius 3 is 2.42 bits per heavy atom. The molecular formula is C21H25FeNSe.